The molecule has 2 fully saturated rings. The van der Waals surface area contributed by atoms with E-state index in [0.717, 1.165) is 31.7 Å². The van der Waals surface area contributed by atoms with E-state index in [1.165, 1.54) is 17.8 Å². The van der Waals surface area contributed by atoms with Crippen LogP contribution in [0.25, 0.3) is 0 Å². The Hall–Kier alpha value is -1.89. The predicted molar refractivity (Wildman–Crippen MR) is 94.3 cm³/mol. The molecule has 1 saturated heterocycles. The molecule has 0 radical (unpaired) electrons. The minimum Gasteiger partial charge on any atom is -0.324 e. The van der Waals surface area contributed by atoms with Gasteiger partial charge in [0, 0.05) is 36.7 Å². The average molecular weight is 345 g/mol. The van der Waals surface area contributed by atoms with E-state index in [1.54, 1.807) is 17.5 Å². The first kappa shape index (κ1) is 15.6. The fourth-order valence-electron chi connectivity index (χ4n) is 3.47. The van der Waals surface area contributed by atoms with Crippen LogP contribution in [-0.4, -0.2) is 38.8 Å². The second kappa shape index (κ2) is 6.55. The molecule has 7 heteroatoms. The van der Waals surface area contributed by atoms with Gasteiger partial charge in [0.25, 0.3) is 0 Å². The van der Waals surface area contributed by atoms with E-state index in [1.807, 2.05) is 27.2 Å². The minimum atomic E-state index is -0.0164. The Labute approximate surface area is 145 Å². The third kappa shape index (κ3) is 3.17. The lowest BCUT2D eigenvalue weighted by Crippen LogP contribution is -2.41. The smallest absolute Gasteiger partial charge is 0.322 e. The van der Waals surface area contributed by atoms with Crippen LogP contribution in [0.15, 0.2) is 23.8 Å². The molecule has 0 unspecified atom stereocenters. The Kier molecular flexibility index (Phi) is 4.26. The van der Waals surface area contributed by atoms with E-state index in [9.17, 15) is 4.79 Å². The number of amides is 2. The zero-order chi connectivity index (χ0) is 16.5. The van der Waals surface area contributed by atoms with Crippen LogP contribution >= 0.6 is 11.3 Å². The first-order valence-corrected chi connectivity index (χ1v) is 9.59. The van der Waals surface area contributed by atoms with E-state index < -0.39 is 0 Å². The third-order valence-electron chi connectivity index (χ3n) is 5.18. The zero-order valence-electron chi connectivity index (χ0n) is 13.9. The Morgan fingerprint density at radius 3 is 2.75 bits per heavy atom. The number of hydrogen-bond acceptors (Lipinski definition) is 4. The maximum Gasteiger partial charge on any atom is 0.322 e. The second-order valence-electron chi connectivity index (χ2n) is 6.80. The van der Waals surface area contributed by atoms with Crippen molar-refractivity contribution in [2.24, 2.45) is 5.92 Å². The summed E-state index contributed by atoms with van der Waals surface area (Å²) in [4.78, 5) is 18.9. The molecule has 6 nitrogen and oxygen atoms in total. The summed E-state index contributed by atoms with van der Waals surface area (Å²) < 4.78 is 1.96. The quantitative estimate of drug-likeness (QED) is 0.918. The van der Waals surface area contributed by atoms with Crippen molar-refractivity contribution < 1.29 is 4.79 Å². The number of nitrogens with one attached hydrogen (secondary N) is 1. The molecular formula is C17H23N5OS. The Balaban J connectivity index is 1.35. The molecule has 2 amide bonds. The number of carbonyl (C=O) groups excluding carboxylic acids is 1. The van der Waals surface area contributed by atoms with E-state index in [-0.39, 0.29) is 6.03 Å². The molecule has 2 aromatic heterocycles. The van der Waals surface area contributed by atoms with Gasteiger partial charge in [0.05, 0.1) is 17.2 Å². The SMILES string of the molecule is C[C@@H](C1CC1)n1nccc1NC(=O)N1CCC(c2nccs2)CC1. The van der Waals surface area contributed by atoms with E-state index >= 15 is 0 Å². The van der Waals surface area contributed by atoms with Crippen molar-refractivity contribution in [2.45, 2.75) is 44.6 Å². The lowest BCUT2D eigenvalue weighted by atomic mass is 9.98. The van der Waals surface area contributed by atoms with Gasteiger partial charge in [0.1, 0.15) is 5.82 Å². The summed E-state index contributed by atoms with van der Waals surface area (Å²) in [6.07, 6.45) is 8.12. The van der Waals surface area contributed by atoms with Gasteiger partial charge in [-0.2, -0.15) is 5.10 Å². The first-order valence-electron chi connectivity index (χ1n) is 8.71. The number of likely N-dealkylation sites (tertiary alicyclic amines) is 1. The predicted octanol–water partition coefficient (Wildman–Crippen LogP) is 3.72. The molecule has 1 saturated carbocycles. The van der Waals surface area contributed by atoms with Crippen molar-refractivity contribution in [1.82, 2.24) is 19.7 Å². The van der Waals surface area contributed by atoms with Crippen molar-refractivity contribution in [3.63, 3.8) is 0 Å². The molecule has 4 rings (SSSR count). The van der Waals surface area contributed by atoms with Crippen molar-refractivity contribution in [3.8, 4) is 0 Å². The van der Waals surface area contributed by atoms with Gasteiger partial charge in [-0.15, -0.1) is 11.3 Å². The fraction of sp³-hybridized carbons (Fsp3) is 0.588. The molecular weight excluding hydrogens is 322 g/mol. The summed E-state index contributed by atoms with van der Waals surface area (Å²) in [5.74, 6) is 2.01. The van der Waals surface area contributed by atoms with Gasteiger partial charge in [0.2, 0.25) is 0 Å². The molecule has 1 N–H and O–H groups in total. The fourth-order valence-corrected chi connectivity index (χ4v) is 4.28. The molecule has 2 aliphatic rings. The standard InChI is InChI=1S/C17H23N5OS/c1-12(13-2-3-13)22-15(4-7-19-22)20-17(23)21-9-5-14(6-10-21)16-18-8-11-24-16/h4,7-8,11-14H,2-3,5-6,9-10H2,1H3,(H,20,23)/t12-/m0/s1. The highest BCUT2D eigenvalue weighted by Gasteiger charge is 2.31. The number of thiazole rings is 1. The third-order valence-corrected chi connectivity index (χ3v) is 6.12. The Morgan fingerprint density at radius 1 is 1.29 bits per heavy atom. The molecule has 0 bridgehead atoms. The number of urea groups is 1. The number of aromatic nitrogens is 3. The van der Waals surface area contributed by atoms with E-state index in [4.69, 9.17) is 0 Å². The van der Waals surface area contributed by atoms with Gasteiger partial charge >= 0.3 is 6.03 Å². The van der Waals surface area contributed by atoms with Crippen molar-refractivity contribution in [1.29, 1.82) is 0 Å². The van der Waals surface area contributed by atoms with Crippen molar-refractivity contribution in [3.05, 3.63) is 28.8 Å². The number of carbonyl (C=O) groups is 1. The summed E-state index contributed by atoms with van der Waals surface area (Å²) in [6.45, 7) is 3.74. The highest BCUT2D eigenvalue weighted by molar-refractivity contribution is 7.09. The summed E-state index contributed by atoms with van der Waals surface area (Å²) in [6, 6.07) is 2.22. The van der Waals surface area contributed by atoms with Gasteiger partial charge < -0.3 is 4.90 Å². The molecule has 2 aromatic rings. The molecule has 1 aliphatic heterocycles. The second-order valence-corrected chi connectivity index (χ2v) is 7.73. The van der Waals surface area contributed by atoms with Crippen LogP contribution in [0.1, 0.15) is 49.6 Å². The van der Waals surface area contributed by atoms with Crippen LogP contribution in [0.3, 0.4) is 0 Å². The molecule has 1 atom stereocenters. The average Bonchev–Trinajstić information content (AvgIpc) is 3.11. The molecule has 24 heavy (non-hydrogen) atoms. The van der Waals surface area contributed by atoms with Crippen LogP contribution in [0.5, 0.6) is 0 Å². The van der Waals surface area contributed by atoms with Gasteiger partial charge in [-0.1, -0.05) is 0 Å². The van der Waals surface area contributed by atoms with Crippen LogP contribution in [-0.2, 0) is 0 Å². The van der Waals surface area contributed by atoms with E-state index in [0.29, 0.717) is 17.9 Å². The van der Waals surface area contributed by atoms with Gasteiger partial charge in [-0.25, -0.2) is 14.5 Å². The summed E-state index contributed by atoms with van der Waals surface area (Å²) in [5.41, 5.74) is 0. The van der Waals surface area contributed by atoms with Gasteiger partial charge in [-0.3, -0.25) is 5.32 Å². The maximum absolute atomic E-state index is 12.6. The molecule has 1 aliphatic carbocycles. The van der Waals surface area contributed by atoms with Gasteiger partial charge in [-0.05, 0) is 38.5 Å². The van der Waals surface area contributed by atoms with Crippen molar-refractivity contribution in [2.75, 3.05) is 18.4 Å². The first-order chi connectivity index (χ1) is 11.7. The molecule has 0 aromatic carbocycles. The topological polar surface area (TPSA) is 63.1 Å². The number of rotatable bonds is 4. The maximum atomic E-state index is 12.6. The normalized spacial score (nSPS) is 20.1. The largest absolute Gasteiger partial charge is 0.324 e. The summed E-state index contributed by atoms with van der Waals surface area (Å²) in [7, 11) is 0. The Bertz CT molecular complexity index is 686. The highest BCUT2D eigenvalue weighted by atomic mass is 32.1. The number of hydrogen-bond donors (Lipinski definition) is 1. The highest BCUT2D eigenvalue weighted by Crippen LogP contribution is 2.40. The van der Waals surface area contributed by atoms with Crippen LogP contribution in [0, 0.1) is 5.92 Å². The lowest BCUT2D eigenvalue weighted by Gasteiger charge is -2.31. The van der Waals surface area contributed by atoms with Crippen molar-refractivity contribution >= 4 is 23.2 Å². The molecule has 3 heterocycles. The Morgan fingerprint density at radius 2 is 2.08 bits per heavy atom. The molecule has 0 spiro atoms. The number of nitrogens with zero attached hydrogens (tertiary/aromatic N) is 4. The van der Waals surface area contributed by atoms with Gasteiger partial charge in [0.15, 0.2) is 0 Å². The van der Waals surface area contributed by atoms with Crippen LogP contribution in [0.4, 0.5) is 10.6 Å². The zero-order valence-corrected chi connectivity index (χ0v) is 14.7. The van der Waals surface area contributed by atoms with Crippen LogP contribution < -0.4 is 5.32 Å². The minimum absolute atomic E-state index is 0.0164. The van der Waals surface area contributed by atoms with E-state index in [2.05, 4.69) is 22.3 Å². The summed E-state index contributed by atoms with van der Waals surface area (Å²) >= 11 is 1.71. The number of anilines is 1. The summed E-state index contributed by atoms with van der Waals surface area (Å²) in [5, 5.41) is 10.7. The molecule has 128 valence electrons. The van der Waals surface area contributed by atoms with Crippen LogP contribution in [0.2, 0.25) is 0 Å². The lowest BCUT2D eigenvalue weighted by molar-refractivity contribution is 0.194. The monoisotopic (exact) mass is 345 g/mol. The number of piperidine rings is 1.